The predicted octanol–water partition coefficient (Wildman–Crippen LogP) is 0.748. The van der Waals surface area contributed by atoms with E-state index in [1.54, 1.807) is 6.20 Å². The first-order valence-corrected chi connectivity index (χ1v) is 5.11. The van der Waals surface area contributed by atoms with Crippen LogP contribution in [0.5, 0.6) is 0 Å². The monoisotopic (exact) mass is 212 g/mol. The van der Waals surface area contributed by atoms with Crippen LogP contribution in [0.2, 0.25) is 0 Å². The minimum atomic E-state index is -0.468. The molecule has 0 radical (unpaired) electrons. The number of nitrogens with one attached hydrogen (secondary N) is 1. The Labute approximate surface area is 88.1 Å². The summed E-state index contributed by atoms with van der Waals surface area (Å²) in [7, 11) is 1.88. The smallest absolute Gasteiger partial charge is 0.412 e. The molecule has 1 rings (SSSR count). The number of anilines is 1. The SMILES string of the molecule is Bc1ncc(NC(=O)OC(C)(C)C)s1. The molecule has 0 unspecified atom stereocenters. The second kappa shape index (κ2) is 4.00. The molecule has 0 aromatic carbocycles. The summed E-state index contributed by atoms with van der Waals surface area (Å²) in [6.45, 7) is 5.47. The summed E-state index contributed by atoms with van der Waals surface area (Å²) in [5, 5.41) is 3.32. The van der Waals surface area contributed by atoms with Crippen LogP contribution in [0.1, 0.15) is 20.8 Å². The van der Waals surface area contributed by atoms with Crippen LogP contribution in [0.15, 0.2) is 6.20 Å². The molecule has 1 aromatic rings. The van der Waals surface area contributed by atoms with Crippen molar-refractivity contribution in [3.63, 3.8) is 0 Å². The molecule has 1 amide bonds. The average Bonchev–Trinajstić information content (AvgIpc) is 2.30. The van der Waals surface area contributed by atoms with Gasteiger partial charge in [-0.15, -0.1) is 11.3 Å². The first kappa shape index (κ1) is 11.0. The molecule has 14 heavy (non-hydrogen) atoms. The lowest BCUT2D eigenvalue weighted by Gasteiger charge is -2.19. The molecule has 1 N–H and O–H groups in total. The van der Waals surface area contributed by atoms with E-state index >= 15 is 0 Å². The molecule has 0 bridgehead atoms. The highest BCUT2D eigenvalue weighted by atomic mass is 32.1. The molecule has 0 spiro atoms. The van der Waals surface area contributed by atoms with Crippen molar-refractivity contribution < 1.29 is 9.53 Å². The van der Waals surface area contributed by atoms with Crippen molar-refractivity contribution in [2.75, 3.05) is 5.32 Å². The fourth-order valence-electron chi connectivity index (χ4n) is 0.823. The highest BCUT2D eigenvalue weighted by Gasteiger charge is 2.16. The lowest BCUT2D eigenvalue weighted by molar-refractivity contribution is 0.0636. The number of nitrogens with zero attached hydrogens (tertiary/aromatic N) is 1. The van der Waals surface area contributed by atoms with Crippen LogP contribution in [0.4, 0.5) is 9.80 Å². The van der Waals surface area contributed by atoms with Gasteiger partial charge in [0.15, 0.2) is 7.85 Å². The van der Waals surface area contributed by atoms with Gasteiger partial charge in [0.05, 0.1) is 6.20 Å². The topological polar surface area (TPSA) is 51.2 Å². The first-order valence-electron chi connectivity index (χ1n) is 4.29. The molecule has 0 atom stereocenters. The molecule has 1 heterocycles. The van der Waals surface area contributed by atoms with Crippen molar-refractivity contribution in [3.8, 4) is 0 Å². The Morgan fingerprint density at radius 1 is 1.64 bits per heavy atom. The van der Waals surface area contributed by atoms with E-state index in [4.69, 9.17) is 4.74 Å². The van der Waals surface area contributed by atoms with Crippen LogP contribution in [0, 0.1) is 0 Å². The third-order valence-corrected chi connectivity index (χ3v) is 2.07. The van der Waals surface area contributed by atoms with E-state index in [0.29, 0.717) is 5.00 Å². The molecule has 4 nitrogen and oxygen atoms in total. The number of hydrogen-bond acceptors (Lipinski definition) is 4. The summed E-state index contributed by atoms with van der Waals surface area (Å²) in [5.74, 6) is 0. The van der Waals surface area contributed by atoms with E-state index in [0.717, 1.165) is 4.91 Å². The third kappa shape index (κ3) is 3.78. The maximum atomic E-state index is 11.3. The van der Waals surface area contributed by atoms with Crippen molar-refractivity contribution in [3.05, 3.63) is 6.20 Å². The number of aromatic nitrogens is 1. The number of thiazole rings is 1. The number of ether oxygens (including phenoxy) is 1. The van der Waals surface area contributed by atoms with Gasteiger partial charge in [0.25, 0.3) is 0 Å². The van der Waals surface area contributed by atoms with Gasteiger partial charge >= 0.3 is 6.09 Å². The van der Waals surface area contributed by atoms with E-state index in [-0.39, 0.29) is 0 Å². The molecular weight excluding hydrogens is 199 g/mol. The van der Waals surface area contributed by atoms with E-state index < -0.39 is 11.7 Å². The number of rotatable bonds is 1. The van der Waals surface area contributed by atoms with E-state index in [1.165, 1.54) is 11.3 Å². The van der Waals surface area contributed by atoms with Crippen molar-refractivity contribution in [2.24, 2.45) is 0 Å². The van der Waals surface area contributed by atoms with Crippen LogP contribution in [-0.4, -0.2) is 24.5 Å². The Morgan fingerprint density at radius 2 is 2.29 bits per heavy atom. The second-order valence-corrected chi connectivity index (χ2v) is 5.11. The minimum absolute atomic E-state index is 0.443. The zero-order valence-corrected chi connectivity index (χ0v) is 9.57. The van der Waals surface area contributed by atoms with Gasteiger partial charge in [-0.3, -0.25) is 10.3 Å². The molecule has 0 aliphatic heterocycles. The fraction of sp³-hybridized carbons (Fsp3) is 0.500. The Kier molecular flexibility index (Phi) is 3.15. The summed E-state index contributed by atoms with van der Waals surface area (Å²) < 4.78 is 5.08. The Morgan fingerprint density at radius 3 is 2.71 bits per heavy atom. The first-order chi connectivity index (χ1) is 6.37. The molecule has 0 saturated carbocycles. The third-order valence-electron chi connectivity index (χ3n) is 1.25. The van der Waals surface area contributed by atoms with Crippen molar-refractivity contribution in [2.45, 2.75) is 26.4 Å². The fourth-order valence-corrected chi connectivity index (χ4v) is 1.49. The van der Waals surface area contributed by atoms with Gasteiger partial charge in [0, 0.05) is 4.91 Å². The predicted molar refractivity (Wildman–Crippen MR) is 60.1 cm³/mol. The number of carbonyl (C=O) groups is 1. The molecule has 0 saturated heterocycles. The minimum Gasteiger partial charge on any atom is -0.444 e. The average molecular weight is 212 g/mol. The van der Waals surface area contributed by atoms with Crippen LogP contribution in [-0.2, 0) is 4.74 Å². The molecule has 1 aromatic heterocycles. The van der Waals surface area contributed by atoms with Gasteiger partial charge in [-0.1, -0.05) is 0 Å². The summed E-state index contributed by atoms with van der Waals surface area (Å²) in [4.78, 5) is 16.2. The van der Waals surface area contributed by atoms with Gasteiger partial charge in [-0.2, -0.15) is 0 Å². The van der Waals surface area contributed by atoms with Gasteiger partial charge < -0.3 is 4.74 Å². The van der Waals surface area contributed by atoms with Crippen molar-refractivity contribution in [1.29, 1.82) is 0 Å². The second-order valence-electron chi connectivity index (χ2n) is 3.87. The quantitative estimate of drug-likeness (QED) is 0.698. The molecule has 6 heteroatoms. The molecular formula is C8H13BN2O2S. The zero-order chi connectivity index (χ0) is 10.8. The standard InChI is InChI=1S/C8H13BN2O2S/c1-8(2,3)13-7(12)11-5-4-10-6(9)14-5/h4H,9H2,1-3H3,(H,11,12). The number of hydrogen-bond donors (Lipinski definition) is 1. The summed E-state index contributed by atoms with van der Waals surface area (Å²) in [6, 6.07) is 0. The summed E-state index contributed by atoms with van der Waals surface area (Å²) in [5.41, 5.74) is -0.468. The molecule has 76 valence electrons. The molecule has 0 aliphatic rings. The van der Waals surface area contributed by atoms with Crippen LogP contribution < -0.4 is 10.2 Å². The normalized spacial score (nSPS) is 11.1. The Hall–Kier alpha value is -1.04. The largest absolute Gasteiger partial charge is 0.444 e. The lowest BCUT2D eigenvalue weighted by Crippen LogP contribution is -2.26. The van der Waals surface area contributed by atoms with Crippen molar-refractivity contribution >= 4 is 35.2 Å². The maximum absolute atomic E-state index is 11.3. The maximum Gasteiger partial charge on any atom is 0.412 e. The Balaban J connectivity index is 2.50. The Bertz CT molecular complexity index is 332. The van der Waals surface area contributed by atoms with E-state index in [9.17, 15) is 4.79 Å². The highest BCUT2D eigenvalue weighted by molar-refractivity contribution is 7.23. The van der Waals surface area contributed by atoms with Crippen LogP contribution in [0.25, 0.3) is 0 Å². The molecule has 0 fully saturated rings. The van der Waals surface area contributed by atoms with Gasteiger partial charge in [0.2, 0.25) is 0 Å². The van der Waals surface area contributed by atoms with E-state index in [1.807, 2.05) is 28.6 Å². The number of carbonyl (C=O) groups excluding carboxylic acids is 1. The zero-order valence-electron chi connectivity index (χ0n) is 8.75. The summed E-state index contributed by atoms with van der Waals surface area (Å²) in [6.07, 6.45) is 1.17. The van der Waals surface area contributed by atoms with Crippen LogP contribution in [0.3, 0.4) is 0 Å². The van der Waals surface area contributed by atoms with Gasteiger partial charge in [-0.05, 0) is 20.8 Å². The summed E-state index contributed by atoms with van der Waals surface area (Å²) >= 11 is 1.42. The highest BCUT2D eigenvalue weighted by Crippen LogP contribution is 2.13. The molecule has 0 aliphatic carbocycles. The van der Waals surface area contributed by atoms with Gasteiger partial charge in [-0.25, -0.2) is 4.79 Å². The number of amides is 1. The van der Waals surface area contributed by atoms with Gasteiger partial charge in [0.1, 0.15) is 10.6 Å². The lowest BCUT2D eigenvalue weighted by atomic mass is 10.2. The van der Waals surface area contributed by atoms with Crippen LogP contribution >= 0.6 is 11.3 Å². The van der Waals surface area contributed by atoms with Crippen molar-refractivity contribution in [1.82, 2.24) is 4.98 Å². The van der Waals surface area contributed by atoms with E-state index in [2.05, 4.69) is 10.3 Å².